The molecule has 138 valence electrons. The van der Waals surface area contributed by atoms with E-state index in [0.717, 1.165) is 54.9 Å². The molecule has 2 N–H and O–H groups in total. The number of hydrogen-bond acceptors (Lipinski definition) is 5. The highest BCUT2D eigenvalue weighted by molar-refractivity contribution is 7.59. The molecule has 1 saturated heterocycles. The number of pyridine rings is 1. The van der Waals surface area contributed by atoms with Crippen molar-refractivity contribution < 1.29 is 4.79 Å². The molecule has 26 heavy (non-hydrogen) atoms. The monoisotopic (exact) mass is 371 g/mol. The minimum Gasteiger partial charge on any atom is -0.358 e. The molecule has 1 aliphatic heterocycles. The lowest BCUT2D eigenvalue weighted by Crippen LogP contribution is -2.55. The zero-order valence-corrected chi connectivity index (χ0v) is 16.2. The van der Waals surface area contributed by atoms with Crippen molar-refractivity contribution in [2.45, 2.75) is 57.5 Å². The second-order valence-electron chi connectivity index (χ2n) is 7.50. The van der Waals surface area contributed by atoms with Crippen LogP contribution < -0.4 is 10.6 Å². The van der Waals surface area contributed by atoms with E-state index in [1.807, 2.05) is 18.2 Å². The Labute approximate surface area is 160 Å². The molecule has 0 spiro atoms. The average molecular weight is 372 g/mol. The Hall–Kier alpha value is -2.15. The lowest BCUT2D eigenvalue weighted by atomic mass is 9.90. The van der Waals surface area contributed by atoms with Gasteiger partial charge in [0.15, 0.2) is 5.82 Å². The zero-order chi connectivity index (χ0) is 17.4. The summed E-state index contributed by atoms with van der Waals surface area (Å²) in [5.41, 5.74) is 2.85. The number of carbonyl (C=O) groups is 1. The first-order valence-corrected chi connectivity index (χ1v) is 8.92. The van der Waals surface area contributed by atoms with E-state index in [0.29, 0.717) is 5.82 Å². The van der Waals surface area contributed by atoms with Gasteiger partial charge in [-0.3, -0.25) is 9.78 Å². The fraction of sp³-hybridized carbons (Fsp3) is 0.474. The van der Waals surface area contributed by atoms with Crippen LogP contribution in [0.1, 0.15) is 44.4 Å². The van der Waals surface area contributed by atoms with Gasteiger partial charge in [-0.15, -0.1) is 0 Å². The fourth-order valence-corrected chi connectivity index (χ4v) is 3.58. The molecule has 2 aliphatic rings. The highest BCUT2D eigenvalue weighted by atomic mass is 32.1. The Kier molecular flexibility index (Phi) is 5.18. The summed E-state index contributed by atoms with van der Waals surface area (Å²) in [6, 6.07) is 5.48. The van der Waals surface area contributed by atoms with Gasteiger partial charge < -0.3 is 10.6 Å². The lowest BCUT2D eigenvalue weighted by molar-refractivity contribution is -0.125. The SMILES string of the molecule is CC1(C)CC[C@H](Nc2nc(-c3ccccn3)nc3c2CCC3)C(=O)N1.S. The van der Waals surface area contributed by atoms with E-state index in [2.05, 4.69) is 29.5 Å². The second-order valence-corrected chi connectivity index (χ2v) is 7.50. The molecular formula is C19H25N5OS. The van der Waals surface area contributed by atoms with E-state index >= 15 is 0 Å². The Morgan fingerprint density at radius 3 is 2.81 bits per heavy atom. The number of hydrogen-bond donors (Lipinski definition) is 2. The van der Waals surface area contributed by atoms with E-state index in [1.54, 1.807) is 6.20 Å². The highest BCUT2D eigenvalue weighted by Gasteiger charge is 2.33. The standard InChI is InChI=1S/C19H23N5O.H2S/c1-19(2)10-9-15(18(25)24-19)22-16-12-6-5-8-13(12)21-17(23-16)14-7-3-4-11-20-14;/h3-4,7,11,15H,5-6,8-10H2,1-2H3,(H,24,25)(H,21,22,23);1H2/t15-;/m0./s1. The van der Waals surface area contributed by atoms with Gasteiger partial charge in [0, 0.05) is 23.0 Å². The minimum atomic E-state index is -0.246. The predicted molar refractivity (Wildman–Crippen MR) is 107 cm³/mol. The molecular weight excluding hydrogens is 346 g/mol. The maximum Gasteiger partial charge on any atom is 0.242 e. The molecule has 0 unspecified atom stereocenters. The Morgan fingerprint density at radius 2 is 2.08 bits per heavy atom. The normalized spacial score (nSPS) is 20.7. The first-order valence-electron chi connectivity index (χ1n) is 8.92. The predicted octanol–water partition coefficient (Wildman–Crippen LogP) is 2.61. The first kappa shape index (κ1) is 18.6. The maximum absolute atomic E-state index is 12.4. The van der Waals surface area contributed by atoms with Crippen LogP contribution in [0.4, 0.5) is 5.82 Å². The molecule has 1 fully saturated rings. The van der Waals surface area contributed by atoms with Gasteiger partial charge in [0.1, 0.15) is 17.6 Å². The van der Waals surface area contributed by atoms with Crippen molar-refractivity contribution in [1.82, 2.24) is 20.3 Å². The first-order chi connectivity index (χ1) is 12.0. The number of fused-ring (bicyclic) bond motifs is 1. The molecule has 1 amide bonds. The van der Waals surface area contributed by atoms with Gasteiger partial charge in [0.2, 0.25) is 5.91 Å². The molecule has 0 saturated carbocycles. The molecule has 2 aromatic rings. The van der Waals surface area contributed by atoms with Crippen molar-refractivity contribution in [2.24, 2.45) is 0 Å². The van der Waals surface area contributed by atoms with Crippen molar-refractivity contribution in [3.63, 3.8) is 0 Å². The van der Waals surface area contributed by atoms with Crippen LogP contribution in [0.25, 0.3) is 11.5 Å². The van der Waals surface area contributed by atoms with Crippen molar-refractivity contribution in [3.05, 3.63) is 35.7 Å². The minimum absolute atomic E-state index is 0. The topological polar surface area (TPSA) is 79.8 Å². The smallest absolute Gasteiger partial charge is 0.242 e. The number of anilines is 1. The van der Waals surface area contributed by atoms with Gasteiger partial charge in [-0.25, -0.2) is 9.97 Å². The van der Waals surface area contributed by atoms with Gasteiger partial charge in [0.05, 0.1) is 0 Å². The van der Waals surface area contributed by atoms with E-state index in [1.165, 1.54) is 0 Å². The summed E-state index contributed by atoms with van der Waals surface area (Å²) < 4.78 is 0. The van der Waals surface area contributed by atoms with E-state index in [4.69, 9.17) is 9.97 Å². The van der Waals surface area contributed by atoms with E-state index in [9.17, 15) is 4.79 Å². The number of amides is 1. The molecule has 2 aromatic heterocycles. The lowest BCUT2D eigenvalue weighted by Gasteiger charge is -2.35. The summed E-state index contributed by atoms with van der Waals surface area (Å²) in [5, 5.41) is 6.47. The van der Waals surface area contributed by atoms with Crippen molar-refractivity contribution in [2.75, 3.05) is 5.32 Å². The van der Waals surface area contributed by atoms with Crippen molar-refractivity contribution in [3.8, 4) is 11.5 Å². The molecule has 4 rings (SSSR count). The Balaban J connectivity index is 0.00000196. The third-order valence-corrected chi connectivity index (χ3v) is 4.97. The molecule has 0 aromatic carbocycles. The highest BCUT2D eigenvalue weighted by Crippen LogP contribution is 2.30. The largest absolute Gasteiger partial charge is 0.358 e. The second kappa shape index (κ2) is 7.23. The molecule has 1 atom stereocenters. The Bertz CT molecular complexity index is 809. The van der Waals surface area contributed by atoms with Crippen LogP contribution in [0.15, 0.2) is 24.4 Å². The van der Waals surface area contributed by atoms with Crippen LogP contribution in [0.5, 0.6) is 0 Å². The van der Waals surface area contributed by atoms with Gasteiger partial charge in [-0.05, 0) is 58.1 Å². The van der Waals surface area contributed by atoms with Gasteiger partial charge in [-0.2, -0.15) is 13.5 Å². The summed E-state index contributed by atoms with van der Waals surface area (Å²) in [7, 11) is 0. The summed E-state index contributed by atoms with van der Waals surface area (Å²) in [6.45, 7) is 4.12. The number of nitrogens with one attached hydrogen (secondary N) is 2. The molecule has 6 nitrogen and oxygen atoms in total. The maximum atomic E-state index is 12.4. The Morgan fingerprint density at radius 1 is 1.23 bits per heavy atom. The van der Waals surface area contributed by atoms with Crippen LogP contribution in [0, 0.1) is 0 Å². The molecule has 0 bridgehead atoms. The van der Waals surface area contributed by atoms with Gasteiger partial charge in [-0.1, -0.05) is 6.07 Å². The molecule has 3 heterocycles. The molecule has 1 aliphatic carbocycles. The van der Waals surface area contributed by atoms with Crippen LogP contribution in [0.3, 0.4) is 0 Å². The number of carbonyl (C=O) groups excluding carboxylic acids is 1. The van der Waals surface area contributed by atoms with E-state index in [-0.39, 0.29) is 31.0 Å². The van der Waals surface area contributed by atoms with Gasteiger partial charge in [0.25, 0.3) is 0 Å². The quantitative estimate of drug-likeness (QED) is 0.867. The van der Waals surface area contributed by atoms with E-state index < -0.39 is 0 Å². The number of nitrogens with zero attached hydrogens (tertiary/aromatic N) is 3. The summed E-state index contributed by atoms with van der Waals surface area (Å²) in [4.78, 5) is 26.2. The zero-order valence-electron chi connectivity index (χ0n) is 15.2. The third kappa shape index (κ3) is 3.67. The summed E-state index contributed by atoms with van der Waals surface area (Å²) in [6.07, 6.45) is 6.48. The van der Waals surface area contributed by atoms with Gasteiger partial charge >= 0.3 is 0 Å². The van der Waals surface area contributed by atoms with Crippen molar-refractivity contribution in [1.29, 1.82) is 0 Å². The van der Waals surface area contributed by atoms with Crippen LogP contribution in [-0.2, 0) is 17.6 Å². The third-order valence-electron chi connectivity index (χ3n) is 4.97. The number of rotatable bonds is 3. The van der Waals surface area contributed by atoms with Crippen molar-refractivity contribution >= 4 is 25.2 Å². The number of piperidine rings is 1. The number of aromatic nitrogens is 3. The average Bonchev–Trinajstić information content (AvgIpc) is 3.06. The molecule has 0 radical (unpaired) electrons. The van der Waals surface area contributed by atoms with Crippen LogP contribution in [-0.4, -0.2) is 32.4 Å². The van der Waals surface area contributed by atoms with Crippen LogP contribution in [0.2, 0.25) is 0 Å². The van der Waals surface area contributed by atoms with Crippen LogP contribution >= 0.6 is 13.5 Å². The number of aryl methyl sites for hydroxylation is 1. The summed E-state index contributed by atoms with van der Waals surface area (Å²) in [5.74, 6) is 1.46. The summed E-state index contributed by atoms with van der Waals surface area (Å²) >= 11 is 0. The molecule has 7 heteroatoms. The fourth-order valence-electron chi connectivity index (χ4n) is 3.58.